The highest BCUT2D eigenvalue weighted by atomic mass is 35.5. The molecule has 1 fully saturated rings. The van der Waals surface area contributed by atoms with Crippen LogP contribution in [-0.4, -0.2) is 56.9 Å². The number of halogens is 1. The van der Waals surface area contributed by atoms with Crippen molar-refractivity contribution in [1.29, 1.82) is 0 Å². The maximum Gasteiger partial charge on any atom is 0.324 e. The van der Waals surface area contributed by atoms with Gasteiger partial charge in [0.15, 0.2) is 6.61 Å². The smallest absolute Gasteiger partial charge is 0.324 e. The minimum atomic E-state index is -3.85. The Bertz CT molecular complexity index is 1040. The molecule has 1 unspecified atom stereocenters. The van der Waals surface area contributed by atoms with E-state index in [0.717, 1.165) is 21.2 Å². The molecular weight excluding hydrogens is 464 g/mol. The van der Waals surface area contributed by atoms with Crippen molar-refractivity contribution >= 4 is 44.8 Å². The summed E-state index contributed by atoms with van der Waals surface area (Å²) in [5.41, 5.74) is 1.07. The Labute approximate surface area is 190 Å². The van der Waals surface area contributed by atoms with Crippen molar-refractivity contribution in [2.45, 2.75) is 30.0 Å². The summed E-state index contributed by atoms with van der Waals surface area (Å²) in [5, 5.41) is 2.60. The summed E-state index contributed by atoms with van der Waals surface area (Å²) in [4.78, 5) is 24.4. The summed E-state index contributed by atoms with van der Waals surface area (Å²) in [6, 6.07) is 9.49. The fourth-order valence-electron chi connectivity index (χ4n) is 3.16. The number of ether oxygens (including phenoxy) is 2. The van der Waals surface area contributed by atoms with Gasteiger partial charge in [0.05, 0.1) is 10.9 Å². The van der Waals surface area contributed by atoms with E-state index in [0.29, 0.717) is 22.9 Å². The standard InChI is InChI=1S/C20H23ClN2O6S2/c1-14-4-2-5-15(12-14)28-11-9-22-18(24)13-29-20(25)16-6-3-10-23(16)31(26,27)19-8-7-17(21)30-19/h2,4-5,7-8,12,16H,3,6,9-11,13H2,1H3,(H,22,24). The molecule has 0 spiro atoms. The average Bonchev–Trinajstić information content (AvgIpc) is 3.39. The molecule has 0 saturated carbocycles. The molecule has 1 saturated heterocycles. The molecule has 2 aromatic rings. The molecule has 0 aliphatic carbocycles. The first-order chi connectivity index (χ1) is 14.8. The van der Waals surface area contributed by atoms with Crippen molar-refractivity contribution < 1.29 is 27.5 Å². The number of hydrogen-bond donors (Lipinski definition) is 1. The van der Waals surface area contributed by atoms with E-state index >= 15 is 0 Å². The zero-order valence-electron chi connectivity index (χ0n) is 16.9. The molecular formula is C20H23ClN2O6S2. The van der Waals surface area contributed by atoms with Gasteiger partial charge in [0, 0.05) is 6.54 Å². The summed E-state index contributed by atoms with van der Waals surface area (Å²) >= 11 is 6.77. The Morgan fingerprint density at radius 2 is 2.10 bits per heavy atom. The van der Waals surface area contributed by atoms with Gasteiger partial charge >= 0.3 is 5.97 Å². The summed E-state index contributed by atoms with van der Waals surface area (Å²) in [6.45, 7) is 2.18. The Morgan fingerprint density at radius 3 is 2.81 bits per heavy atom. The summed E-state index contributed by atoms with van der Waals surface area (Å²) in [5.74, 6) is -0.524. The number of amides is 1. The van der Waals surface area contributed by atoms with E-state index in [4.69, 9.17) is 21.1 Å². The van der Waals surface area contributed by atoms with E-state index in [2.05, 4.69) is 5.32 Å². The van der Waals surface area contributed by atoms with Crippen molar-refractivity contribution in [1.82, 2.24) is 9.62 Å². The maximum atomic E-state index is 12.8. The molecule has 168 valence electrons. The first-order valence-corrected chi connectivity index (χ1v) is 12.3. The Hall–Kier alpha value is -2.14. The van der Waals surface area contributed by atoms with Crippen LogP contribution < -0.4 is 10.1 Å². The van der Waals surface area contributed by atoms with E-state index in [9.17, 15) is 18.0 Å². The molecule has 1 aromatic carbocycles. The van der Waals surface area contributed by atoms with Gasteiger partial charge < -0.3 is 14.8 Å². The lowest BCUT2D eigenvalue weighted by Crippen LogP contribution is -2.42. The van der Waals surface area contributed by atoms with Gasteiger partial charge in [0.2, 0.25) is 0 Å². The van der Waals surface area contributed by atoms with Crippen molar-refractivity contribution in [2.75, 3.05) is 26.3 Å². The van der Waals surface area contributed by atoms with E-state index < -0.39 is 34.5 Å². The fourth-order valence-corrected chi connectivity index (χ4v) is 6.42. The lowest BCUT2D eigenvalue weighted by molar-refractivity contribution is -0.151. The van der Waals surface area contributed by atoms with Crippen LogP contribution in [0.1, 0.15) is 18.4 Å². The Balaban J connectivity index is 1.44. The van der Waals surface area contributed by atoms with Gasteiger partial charge in [-0.15, -0.1) is 11.3 Å². The van der Waals surface area contributed by atoms with Crippen LogP contribution in [0.2, 0.25) is 4.34 Å². The maximum absolute atomic E-state index is 12.8. The van der Waals surface area contributed by atoms with E-state index in [1.807, 2.05) is 31.2 Å². The second kappa shape index (κ2) is 10.4. The first-order valence-electron chi connectivity index (χ1n) is 9.67. The molecule has 0 bridgehead atoms. The normalized spacial score (nSPS) is 16.8. The number of esters is 1. The molecule has 11 heteroatoms. The first kappa shape index (κ1) is 23.5. The van der Waals surface area contributed by atoms with Crippen molar-refractivity contribution in [3.63, 3.8) is 0 Å². The van der Waals surface area contributed by atoms with Crippen LogP contribution in [0.3, 0.4) is 0 Å². The summed E-state index contributed by atoms with van der Waals surface area (Å²) in [7, 11) is -3.85. The van der Waals surface area contributed by atoms with Crippen molar-refractivity contribution in [3.05, 3.63) is 46.3 Å². The molecule has 1 aliphatic rings. The molecule has 2 heterocycles. The number of hydrogen-bond acceptors (Lipinski definition) is 7. The van der Waals surface area contributed by atoms with Crippen LogP contribution in [-0.2, 0) is 24.3 Å². The molecule has 1 aliphatic heterocycles. The summed E-state index contributed by atoms with van der Waals surface area (Å²) < 4.78 is 37.7. The van der Waals surface area contributed by atoms with Crippen LogP contribution in [0.4, 0.5) is 0 Å². The number of benzene rings is 1. The van der Waals surface area contributed by atoms with E-state index in [1.54, 1.807) is 0 Å². The molecule has 1 amide bonds. The third-order valence-electron chi connectivity index (χ3n) is 4.62. The molecule has 31 heavy (non-hydrogen) atoms. The molecule has 0 radical (unpaired) electrons. The number of rotatable bonds is 9. The quantitative estimate of drug-likeness (QED) is 0.432. The SMILES string of the molecule is Cc1cccc(OCCNC(=O)COC(=O)C2CCCN2S(=O)(=O)c2ccc(Cl)s2)c1. The second-order valence-electron chi connectivity index (χ2n) is 6.95. The van der Waals surface area contributed by atoms with Gasteiger partial charge in [-0.05, 0) is 49.6 Å². The van der Waals surface area contributed by atoms with Crippen LogP contribution in [0.25, 0.3) is 0 Å². The highest BCUT2D eigenvalue weighted by Gasteiger charge is 2.41. The predicted molar refractivity (Wildman–Crippen MR) is 117 cm³/mol. The molecule has 1 atom stereocenters. The van der Waals surface area contributed by atoms with Crippen molar-refractivity contribution in [2.24, 2.45) is 0 Å². The number of sulfonamides is 1. The molecule has 1 N–H and O–H groups in total. The van der Waals surface area contributed by atoms with E-state index in [-0.39, 0.29) is 23.9 Å². The highest BCUT2D eigenvalue weighted by molar-refractivity contribution is 7.91. The fraction of sp³-hybridized carbons (Fsp3) is 0.400. The average molecular weight is 487 g/mol. The van der Waals surface area contributed by atoms with Crippen LogP contribution in [0.15, 0.2) is 40.6 Å². The zero-order valence-corrected chi connectivity index (χ0v) is 19.3. The summed E-state index contributed by atoms with van der Waals surface area (Å²) in [6.07, 6.45) is 0.865. The topological polar surface area (TPSA) is 102 Å². The van der Waals surface area contributed by atoms with Crippen LogP contribution in [0, 0.1) is 6.92 Å². The number of carbonyl (C=O) groups excluding carboxylic acids is 2. The van der Waals surface area contributed by atoms with Crippen molar-refractivity contribution in [3.8, 4) is 5.75 Å². The monoisotopic (exact) mass is 486 g/mol. The Morgan fingerprint density at radius 1 is 1.29 bits per heavy atom. The van der Waals surface area contributed by atoms with E-state index in [1.165, 1.54) is 12.1 Å². The number of aryl methyl sites for hydroxylation is 1. The predicted octanol–water partition coefficient (Wildman–Crippen LogP) is 2.60. The Kier molecular flexibility index (Phi) is 7.93. The largest absolute Gasteiger partial charge is 0.492 e. The number of thiophene rings is 1. The molecule has 1 aromatic heterocycles. The van der Waals surface area contributed by atoms with Gasteiger partial charge in [-0.3, -0.25) is 9.59 Å². The number of nitrogens with one attached hydrogen (secondary N) is 1. The number of carbonyl (C=O) groups is 2. The van der Waals surface area contributed by atoms with Crippen LogP contribution in [0.5, 0.6) is 5.75 Å². The lowest BCUT2D eigenvalue weighted by atomic mass is 10.2. The van der Waals surface area contributed by atoms with Gasteiger partial charge in [0.1, 0.15) is 22.6 Å². The number of nitrogens with zero attached hydrogens (tertiary/aromatic N) is 1. The third kappa shape index (κ3) is 6.19. The highest BCUT2D eigenvalue weighted by Crippen LogP contribution is 2.32. The molecule has 3 rings (SSSR count). The van der Waals surface area contributed by atoms with Crippen LogP contribution >= 0.6 is 22.9 Å². The third-order valence-corrected chi connectivity index (χ3v) is 8.22. The zero-order chi connectivity index (χ0) is 22.4. The van der Waals surface area contributed by atoms with Gasteiger partial charge in [-0.2, -0.15) is 4.31 Å². The minimum absolute atomic E-state index is 0.0727. The van der Waals surface area contributed by atoms with Gasteiger partial charge in [-0.25, -0.2) is 8.42 Å². The van der Waals surface area contributed by atoms with Gasteiger partial charge in [0.25, 0.3) is 15.9 Å². The molecule has 8 nitrogen and oxygen atoms in total. The van der Waals surface area contributed by atoms with Gasteiger partial charge in [-0.1, -0.05) is 23.7 Å². The second-order valence-corrected chi connectivity index (χ2v) is 10.8. The lowest BCUT2D eigenvalue weighted by Gasteiger charge is -2.21. The minimum Gasteiger partial charge on any atom is -0.492 e.